The van der Waals surface area contributed by atoms with E-state index in [2.05, 4.69) is 9.97 Å². The van der Waals surface area contributed by atoms with E-state index in [1.807, 2.05) is 20.8 Å². The molecule has 3 heterocycles. The second-order valence-electron chi connectivity index (χ2n) is 6.29. The maximum absolute atomic E-state index is 12.9. The van der Waals surface area contributed by atoms with Crippen molar-refractivity contribution < 1.29 is 13.2 Å². The van der Waals surface area contributed by atoms with E-state index in [1.165, 1.54) is 11.3 Å². The second-order valence-corrected chi connectivity index (χ2v) is 9.52. The van der Waals surface area contributed by atoms with Gasteiger partial charge in [-0.3, -0.25) is 4.79 Å². The fraction of sp³-hybridized carbons (Fsp3) is 0.562. The summed E-state index contributed by atoms with van der Waals surface area (Å²) in [5.41, 5.74) is 1.77. The van der Waals surface area contributed by atoms with E-state index in [-0.39, 0.29) is 23.5 Å². The minimum absolute atomic E-state index is 0.0536. The van der Waals surface area contributed by atoms with Gasteiger partial charge in [0.05, 0.1) is 16.4 Å². The summed E-state index contributed by atoms with van der Waals surface area (Å²) in [7, 11) is -1.33. The lowest BCUT2D eigenvalue weighted by molar-refractivity contribution is 0.0752. The molecule has 3 rings (SSSR count). The first-order valence-electron chi connectivity index (χ1n) is 7.97. The molecule has 0 radical (unpaired) electrons. The molecule has 1 aliphatic rings. The molecule has 0 spiro atoms. The quantitative estimate of drug-likeness (QED) is 0.830. The minimum Gasteiger partial charge on any atom is -0.337 e. The third-order valence-electron chi connectivity index (χ3n) is 4.60. The highest BCUT2D eigenvalue weighted by Gasteiger charge is 2.34. The Hall–Kier alpha value is -1.54. The summed E-state index contributed by atoms with van der Waals surface area (Å²) in [6.07, 6.45) is 1.25. The number of aryl methyl sites for hydroxylation is 3. The predicted octanol–water partition coefficient (Wildman–Crippen LogP) is 2.13. The van der Waals surface area contributed by atoms with Crippen molar-refractivity contribution in [1.29, 1.82) is 0 Å². The fourth-order valence-corrected chi connectivity index (χ4v) is 6.17. The van der Waals surface area contributed by atoms with Crippen LogP contribution in [-0.2, 0) is 16.3 Å². The zero-order valence-electron chi connectivity index (χ0n) is 14.3. The molecule has 1 fully saturated rings. The highest BCUT2D eigenvalue weighted by molar-refractivity contribution is 7.91. The normalized spacial score (nSPS) is 19.8. The molecule has 2 aromatic heterocycles. The zero-order valence-corrected chi connectivity index (χ0v) is 15.9. The Labute approximate surface area is 145 Å². The SMILES string of the molecule is CCc1nc(C)c2c(C)c(C(=O)N(C)[C@H]3CCS(=O)(=O)C3)sc2n1. The number of sulfone groups is 1. The fourth-order valence-electron chi connectivity index (χ4n) is 3.16. The maximum atomic E-state index is 12.9. The number of hydrogen-bond acceptors (Lipinski definition) is 6. The first-order chi connectivity index (χ1) is 11.2. The number of nitrogens with zero attached hydrogens (tertiary/aromatic N) is 3. The zero-order chi connectivity index (χ0) is 17.6. The van der Waals surface area contributed by atoms with Crippen molar-refractivity contribution in [1.82, 2.24) is 14.9 Å². The summed E-state index contributed by atoms with van der Waals surface area (Å²) in [6.45, 7) is 5.85. The van der Waals surface area contributed by atoms with Crippen molar-refractivity contribution in [3.63, 3.8) is 0 Å². The number of amides is 1. The van der Waals surface area contributed by atoms with Crippen LogP contribution in [0.25, 0.3) is 10.2 Å². The number of hydrogen-bond donors (Lipinski definition) is 0. The Kier molecular flexibility index (Phi) is 4.37. The molecule has 1 saturated heterocycles. The van der Waals surface area contributed by atoms with Crippen LogP contribution in [0.5, 0.6) is 0 Å². The first kappa shape index (κ1) is 17.3. The minimum atomic E-state index is -3.02. The monoisotopic (exact) mass is 367 g/mol. The van der Waals surface area contributed by atoms with Crippen LogP contribution >= 0.6 is 11.3 Å². The molecule has 0 saturated carbocycles. The Morgan fingerprint density at radius 3 is 2.62 bits per heavy atom. The molecule has 0 bridgehead atoms. The van der Waals surface area contributed by atoms with E-state index in [9.17, 15) is 13.2 Å². The van der Waals surface area contributed by atoms with Gasteiger partial charge in [0.25, 0.3) is 5.91 Å². The number of thiophene rings is 1. The highest BCUT2D eigenvalue weighted by Crippen LogP contribution is 2.33. The lowest BCUT2D eigenvalue weighted by atomic mass is 10.1. The number of fused-ring (bicyclic) bond motifs is 1. The van der Waals surface area contributed by atoms with E-state index < -0.39 is 9.84 Å². The van der Waals surface area contributed by atoms with Crippen molar-refractivity contribution in [2.45, 2.75) is 39.7 Å². The van der Waals surface area contributed by atoms with Crippen molar-refractivity contribution >= 4 is 37.3 Å². The number of rotatable bonds is 3. The van der Waals surface area contributed by atoms with Crippen LogP contribution in [0.4, 0.5) is 0 Å². The molecule has 6 nitrogen and oxygen atoms in total. The summed E-state index contributed by atoms with van der Waals surface area (Å²) < 4.78 is 23.3. The largest absolute Gasteiger partial charge is 0.337 e. The van der Waals surface area contributed by atoms with Crippen LogP contribution < -0.4 is 0 Å². The van der Waals surface area contributed by atoms with Crippen LogP contribution in [0, 0.1) is 13.8 Å². The van der Waals surface area contributed by atoms with Gasteiger partial charge in [-0.2, -0.15) is 0 Å². The summed E-state index contributed by atoms with van der Waals surface area (Å²) >= 11 is 1.37. The Morgan fingerprint density at radius 1 is 1.33 bits per heavy atom. The summed E-state index contributed by atoms with van der Waals surface area (Å²) in [5, 5.41) is 0.938. The summed E-state index contributed by atoms with van der Waals surface area (Å²) in [4.78, 5) is 24.9. The van der Waals surface area contributed by atoms with Crippen LogP contribution in [0.2, 0.25) is 0 Å². The third kappa shape index (κ3) is 2.93. The molecular weight excluding hydrogens is 346 g/mol. The molecular formula is C16H21N3O3S2. The molecule has 8 heteroatoms. The van der Waals surface area contributed by atoms with Crippen molar-refractivity contribution in [3.8, 4) is 0 Å². The van der Waals surface area contributed by atoms with Gasteiger partial charge in [-0.05, 0) is 25.8 Å². The van der Waals surface area contributed by atoms with Gasteiger partial charge in [0, 0.05) is 30.6 Å². The Bertz CT molecular complexity index is 918. The summed E-state index contributed by atoms with van der Waals surface area (Å²) in [6, 6.07) is -0.245. The van der Waals surface area contributed by atoms with Crippen LogP contribution in [0.3, 0.4) is 0 Å². The average molecular weight is 367 g/mol. The molecule has 1 aliphatic heterocycles. The van der Waals surface area contributed by atoms with Gasteiger partial charge in [0.2, 0.25) is 0 Å². The van der Waals surface area contributed by atoms with Gasteiger partial charge in [0.15, 0.2) is 9.84 Å². The number of carbonyl (C=O) groups is 1. The lowest BCUT2D eigenvalue weighted by Gasteiger charge is -2.23. The highest BCUT2D eigenvalue weighted by atomic mass is 32.2. The van der Waals surface area contributed by atoms with E-state index in [0.717, 1.165) is 33.7 Å². The molecule has 130 valence electrons. The molecule has 0 N–H and O–H groups in total. The maximum Gasteiger partial charge on any atom is 0.264 e. The standard InChI is InChI=1S/C16H21N3O3S2/c1-5-12-17-10(3)13-9(2)14(23-15(13)18-12)16(20)19(4)11-6-7-24(21,22)8-11/h11H,5-8H2,1-4H3/t11-/m0/s1. The molecule has 1 amide bonds. The van der Waals surface area contributed by atoms with Crippen LogP contribution in [0.1, 0.15) is 40.1 Å². The average Bonchev–Trinajstić information content (AvgIpc) is 3.05. The van der Waals surface area contributed by atoms with E-state index >= 15 is 0 Å². The second kappa shape index (κ2) is 6.07. The Balaban J connectivity index is 1.98. The Morgan fingerprint density at radius 2 is 2.04 bits per heavy atom. The van der Waals surface area contributed by atoms with Crippen LogP contribution in [0.15, 0.2) is 0 Å². The van der Waals surface area contributed by atoms with E-state index in [4.69, 9.17) is 0 Å². The van der Waals surface area contributed by atoms with Gasteiger partial charge in [-0.15, -0.1) is 11.3 Å². The third-order valence-corrected chi connectivity index (χ3v) is 7.53. The van der Waals surface area contributed by atoms with Gasteiger partial charge >= 0.3 is 0 Å². The molecule has 2 aromatic rings. The molecule has 24 heavy (non-hydrogen) atoms. The topological polar surface area (TPSA) is 80.2 Å². The summed E-state index contributed by atoms with van der Waals surface area (Å²) in [5.74, 6) is 0.855. The molecule has 1 atom stereocenters. The molecule has 0 aliphatic carbocycles. The van der Waals surface area contributed by atoms with Gasteiger partial charge in [-0.25, -0.2) is 18.4 Å². The number of carbonyl (C=O) groups excluding carboxylic acids is 1. The van der Waals surface area contributed by atoms with Gasteiger partial charge in [-0.1, -0.05) is 6.92 Å². The first-order valence-corrected chi connectivity index (χ1v) is 10.6. The lowest BCUT2D eigenvalue weighted by Crippen LogP contribution is -2.37. The molecule has 0 aromatic carbocycles. The predicted molar refractivity (Wildman–Crippen MR) is 95.4 cm³/mol. The van der Waals surface area contributed by atoms with Crippen molar-refractivity contribution in [3.05, 3.63) is 22.0 Å². The van der Waals surface area contributed by atoms with E-state index in [0.29, 0.717) is 11.3 Å². The van der Waals surface area contributed by atoms with E-state index in [1.54, 1.807) is 11.9 Å². The van der Waals surface area contributed by atoms with Crippen LogP contribution in [-0.4, -0.2) is 53.8 Å². The van der Waals surface area contributed by atoms with Crippen molar-refractivity contribution in [2.24, 2.45) is 0 Å². The molecule has 0 unspecified atom stereocenters. The van der Waals surface area contributed by atoms with Gasteiger partial charge < -0.3 is 4.90 Å². The number of aromatic nitrogens is 2. The smallest absolute Gasteiger partial charge is 0.264 e. The van der Waals surface area contributed by atoms with Crippen molar-refractivity contribution in [2.75, 3.05) is 18.6 Å². The van der Waals surface area contributed by atoms with Gasteiger partial charge in [0.1, 0.15) is 10.7 Å².